The Kier molecular flexibility index (Phi) is 4.89. The Morgan fingerprint density at radius 3 is 2.62 bits per heavy atom. The molecule has 0 amide bonds. The Morgan fingerprint density at radius 1 is 1.50 bits per heavy atom. The molecule has 1 rings (SSSR count). The van der Waals surface area contributed by atoms with Gasteiger partial charge in [0.25, 0.3) is 0 Å². The fraction of sp³-hybridized carbons (Fsp3) is 0.818. The van der Waals surface area contributed by atoms with Gasteiger partial charge in [0.15, 0.2) is 6.29 Å². The van der Waals surface area contributed by atoms with Crippen LogP contribution in [0.3, 0.4) is 0 Å². The number of carboxylic acid groups (broad SMARTS) is 1. The molecule has 1 aliphatic carbocycles. The van der Waals surface area contributed by atoms with Crippen LogP contribution in [-0.4, -0.2) is 37.4 Å². The molecule has 0 bridgehead atoms. The maximum absolute atomic E-state index is 11.6. The molecule has 0 aliphatic heterocycles. The number of aliphatic carboxylic acids is 1. The van der Waals surface area contributed by atoms with Crippen molar-refractivity contribution in [2.45, 2.75) is 32.0 Å². The van der Waals surface area contributed by atoms with Crippen molar-refractivity contribution in [3.05, 3.63) is 0 Å². The van der Waals surface area contributed by atoms with E-state index >= 15 is 0 Å². The van der Waals surface area contributed by atoms with E-state index in [9.17, 15) is 9.59 Å². The summed E-state index contributed by atoms with van der Waals surface area (Å²) < 4.78 is 10.1. The number of hydrogen-bond acceptors (Lipinski definition) is 4. The molecule has 1 N–H and O–H groups in total. The van der Waals surface area contributed by atoms with E-state index in [2.05, 4.69) is 0 Å². The van der Waals surface area contributed by atoms with Crippen molar-refractivity contribution in [2.24, 2.45) is 11.8 Å². The van der Waals surface area contributed by atoms with Crippen LogP contribution in [0.4, 0.5) is 0 Å². The SMILES string of the molecule is COC(CC1C(=O)CC[C@@H]1CC(=O)O)OC. The number of carbonyl (C=O) groups is 2. The molecular weight excluding hydrogens is 212 g/mol. The predicted molar refractivity (Wildman–Crippen MR) is 55.9 cm³/mol. The zero-order valence-corrected chi connectivity index (χ0v) is 9.64. The third-order valence-corrected chi connectivity index (χ3v) is 3.15. The molecule has 1 unspecified atom stereocenters. The summed E-state index contributed by atoms with van der Waals surface area (Å²) in [7, 11) is 3.03. The van der Waals surface area contributed by atoms with E-state index in [0.717, 1.165) is 0 Å². The topological polar surface area (TPSA) is 72.8 Å². The van der Waals surface area contributed by atoms with E-state index in [1.165, 1.54) is 14.2 Å². The number of ketones is 1. The Balaban J connectivity index is 2.58. The third kappa shape index (κ3) is 3.28. The quantitative estimate of drug-likeness (QED) is 0.691. The lowest BCUT2D eigenvalue weighted by molar-refractivity contribution is -0.141. The van der Waals surface area contributed by atoms with E-state index in [4.69, 9.17) is 14.6 Å². The number of hydrogen-bond donors (Lipinski definition) is 1. The van der Waals surface area contributed by atoms with Crippen LogP contribution in [0.1, 0.15) is 25.7 Å². The summed E-state index contributed by atoms with van der Waals surface area (Å²) in [5.41, 5.74) is 0. The molecule has 2 atom stereocenters. The maximum atomic E-state index is 11.6. The summed E-state index contributed by atoms with van der Waals surface area (Å²) in [6.07, 6.45) is 1.21. The van der Waals surface area contributed by atoms with Crippen molar-refractivity contribution in [1.82, 2.24) is 0 Å². The van der Waals surface area contributed by atoms with Crippen molar-refractivity contribution < 1.29 is 24.2 Å². The molecule has 0 aromatic carbocycles. The van der Waals surface area contributed by atoms with Crippen LogP contribution in [0.2, 0.25) is 0 Å². The molecule has 5 nitrogen and oxygen atoms in total. The average molecular weight is 230 g/mol. The minimum absolute atomic E-state index is 0.0521. The highest BCUT2D eigenvalue weighted by Crippen LogP contribution is 2.34. The lowest BCUT2D eigenvalue weighted by Gasteiger charge is -2.21. The highest BCUT2D eigenvalue weighted by molar-refractivity contribution is 5.84. The second kappa shape index (κ2) is 5.96. The number of carboxylic acids is 1. The Bertz CT molecular complexity index is 259. The molecule has 1 aliphatic rings. The van der Waals surface area contributed by atoms with Crippen molar-refractivity contribution in [2.75, 3.05) is 14.2 Å². The Hall–Kier alpha value is -0.940. The van der Waals surface area contributed by atoms with Gasteiger partial charge in [-0.25, -0.2) is 0 Å². The number of methoxy groups -OCH3 is 2. The zero-order chi connectivity index (χ0) is 12.1. The minimum atomic E-state index is -0.851. The average Bonchev–Trinajstić information content (AvgIpc) is 2.56. The van der Waals surface area contributed by atoms with Crippen LogP contribution < -0.4 is 0 Å². The summed E-state index contributed by atoms with van der Waals surface area (Å²) in [6.45, 7) is 0. The first kappa shape index (κ1) is 13.1. The van der Waals surface area contributed by atoms with Gasteiger partial charge in [0, 0.05) is 39.4 Å². The first-order chi connectivity index (χ1) is 7.58. The second-order valence-electron chi connectivity index (χ2n) is 4.11. The molecule has 1 saturated carbocycles. The summed E-state index contributed by atoms with van der Waals surface area (Å²) in [4.78, 5) is 22.3. The Labute approximate surface area is 94.7 Å². The van der Waals surface area contributed by atoms with E-state index in [1.807, 2.05) is 0 Å². The molecule has 1 fully saturated rings. The lowest BCUT2D eigenvalue weighted by atomic mass is 9.89. The van der Waals surface area contributed by atoms with Gasteiger partial charge in [-0.2, -0.15) is 0 Å². The summed E-state index contributed by atoms with van der Waals surface area (Å²) in [6, 6.07) is 0. The number of Topliss-reactive ketones (excluding diaryl/α,β-unsaturated/α-hetero) is 1. The first-order valence-corrected chi connectivity index (χ1v) is 5.38. The first-order valence-electron chi connectivity index (χ1n) is 5.38. The van der Waals surface area contributed by atoms with Gasteiger partial charge < -0.3 is 14.6 Å². The molecule has 0 spiro atoms. The summed E-state index contributed by atoms with van der Waals surface area (Å²) >= 11 is 0. The van der Waals surface area contributed by atoms with E-state index in [1.54, 1.807) is 0 Å². The molecule has 92 valence electrons. The van der Waals surface area contributed by atoms with Gasteiger partial charge in [0.2, 0.25) is 0 Å². The van der Waals surface area contributed by atoms with Crippen molar-refractivity contribution >= 4 is 11.8 Å². The van der Waals surface area contributed by atoms with Gasteiger partial charge in [0.05, 0.1) is 0 Å². The minimum Gasteiger partial charge on any atom is -0.481 e. The number of ether oxygens (including phenoxy) is 2. The molecule has 0 saturated heterocycles. The smallest absolute Gasteiger partial charge is 0.303 e. The monoisotopic (exact) mass is 230 g/mol. The van der Waals surface area contributed by atoms with Gasteiger partial charge in [-0.15, -0.1) is 0 Å². The van der Waals surface area contributed by atoms with E-state index in [0.29, 0.717) is 19.3 Å². The van der Waals surface area contributed by atoms with Crippen LogP contribution in [-0.2, 0) is 19.1 Å². The lowest BCUT2D eigenvalue weighted by Crippen LogP contribution is -2.25. The third-order valence-electron chi connectivity index (χ3n) is 3.15. The normalized spacial score (nSPS) is 25.3. The van der Waals surface area contributed by atoms with E-state index in [-0.39, 0.29) is 24.0 Å². The standard InChI is InChI=1S/C11H18O5/c1-15-11(16-2)6-8-7(5-10(13)14)3-4-9(8)12/h7-8,11H,3-6H2,1-2H3,(H,13,14)/t7-,8?/m1/s1. The van der Waals surface area contributed by atoms with Gasteiger partial charge in [0.1, 0.15) is 5.78 Å². The molecule has 0 aromatic rings. The fourth-order valence-corrected chi connectivity index (χ4v) is 2.27. The van der Waals surface area contributed by atoms with Crippen LogP contribution in [0, 0.1) is 11.8 Å². The van der Waals surface area contributed by atoms with Gasteiger partial charge in [-0.1, -0.05) is 0 Å². The molecule has 0 heterocycles. The van der Waals surface area contributed by atoms with E-state index < -0.39 is 12.3 Å². The number of rotatable bonds is 6. The highest BCUT2D eigenvalue weighted by atomic mass is 16.7. The second-order valence-corrected chi connectivity index (χ2v) is 4.11. The van der Waals surface area contributed by atoms with Crippen LogP contribution in [0.5, 0.6) is 0 Å². The maximum Gasteiger partial charge on any atom is 0.303 e. The predicted octanol–water partition coefficient (Wildman–Crippen LogP) is 1.07. The van der Waals surface area contributed by atoms with Crippen LogP contribution in [0.25, 0.3) is 0 Å². The van der Waals surface area contributed by atoms with Crippen LogP contribution >= 0.6 is 0 Å². The summed E-state index contributed by atoms with van der Waals surface area (Å²) in [5, 5.41) is 8.75. The van der Waals surface area contributed by atoms with Crippen LogP contribution in [0.15, 0.2) is 0 Å². The number of carbonyl (C=O) groups excluding carboxylic acids is 1. The van der Waals surface area contributed by atoms with Gasteiger partial charge >= 0.3 is 5.97 Å². The van der Waals surface area contributed by atoms with Crippen molar-refractivity contribution in [3.8, 4) is 0 Å². The Morgan fingerprint density at radius 2 is 2.12 bits per heavy atom. The highest BCUT2D eigenvalue weighted by Gasteiger charge is 2.37. The van der Waals surface area contributed by atoms with Crippen molar-refractivity contribution in [3.63, 3.8) is 0 Å². The molecule has 5 heteroatoms. The zero-order valence-electron chi connectivity index (χ0n) is 9.64. The molecule has 0 aromatic heterocycles. The molecular formula is C11H18O5. The molecule has 16 heavy (non-hydrogen) atoms. The largest absolute Gasteiger partial charge is 0.481 e. The molecule has 0 radical (unpaired) electrons. The fourth-order valence-electron chi connectivity index (χ4n) is 2.27. The van der Waals surface area contributed by atoms with Crippen molar-refractivity contribution in [1.29, 1.82) is 0 Å². The van der Waals surface area contributed by atoms with Gasteiger partial charge in [-0.3, -0.25) is 9.59 Å². The van der Waals surface area contributed by atoms with Gasteiger partial charge in [-0.05, 0) is 12.3 Å². The summed E-state index contributed by atoms with van der Waals surface area (Å²) in [5.74, 6) is -1.03.